The fourth-order valence-electron chi connectivity index (χ4n) is 2.66. The summed E-state index contributed by atoms with van der Waals surface area (Å²) in [5.41, 5.74) is 2.34. The van der Waals surface area contributed by atoms with Crippen molar-refractivity contribution in [2.75, 3.05) is 5.32 Å². The Labute approximate surface area is 125 Å². The van der Waals surface area contributed by atoms with Crippen molar-refractivity contribution in [1.29, 1.82) is 0 Å². The van der Waals surface area contributed by atoms with Crippen molar-refractivity contribution in [2.24, 2.45) is 0 Å². The van der Waals surface area contributed by atoms with Crippen molar-refractivity contribution < 1.29 is 0 Å². The molecule has 0 unspecified atom stereocenters. The number of rotatable bonds is 4. The van der Waals surface area contributed by atoms with Gasteiger partial charge in [0.25, 0.3) is 0 Å². The molecule has 3 heteroatoms. The van der Waals surface area contributed by atoms with E-state index in [9.17, 15) is 0 Å². The molecule has 0 spiro atoms. The van der Waals surface area contributed by atoms with Crippen LogP contribution in [0.2, 0.25) is 0 Å². The van der Waals surface area contributed by atoms with Gasteiger partial charge in [-0.2, -0.15) is 0 Å². The number of benzene rings is 2. The van der Waals surface area contributed by atoms with Gasteiger partial charge in [-0.3, -0.25) is 0 Å². The lowest BCUT2D eigenvalue weighted by Gasteiger charge is -2.13. The summed E-state index contributed by atoms with van der Waals surface area (Å²) < 4.78 is 2.18. The molecule has 21 heavy (non-hydrogen) atoms. The van der Waals surface area contributed by atoms with E-state index in [0.717, 1.165) is 18.2 Å². The average Bonchev–Trinajstić information content (AvgIpc) is 2.86. The van der Waals surface area contributed by atoms with Gasteiger partial charge in [0.05, 0.1) is 5.69 Å². The first-order valence-corrected chi connectivity index (χ1v) is 7.41. The number of hydrogen-bond acceptors (Lipinski definition) is 2. The third-order valence-electron chi connectivity index (χ3n) is 3.73. The number of nitrogens with zero attached hydrogens (tertiary/aromatic N) is 2. The third kappa shape index (κ3) is 2.77. The summed E-state index contributed by atoms with van der Waals surface area (Å²) in [4.78, 5) is 4.58. The fourth-order valence-corrected chi connectivity index (χ4v) is 2.66. The van der Waals surface area contributed by atoms with Crippen LogP contribution in [-0.4, -0.2) is 9.55 Å². The van der Waals surface area contributed by atoms with E-state index in [1.165, 1.54) is 16.3 Å². The maximum atomic E-state index is 4.58. The van der Waals surface area contributed by atoms with Gasteiger partial charge in [0.2, 0.25) is 5.95 Å². The Kier molecular flexibility index (Phi) is 3.65. The number of imidazole rings is 1. The standard InChI is InChI=1S/C18H21N3/c1-13(2)21-12-14(3)20-18(21)19-11-16-9-6-8-15-7-4-5-10-17(15)16/h4-10,12-13H,11H2,1-3H3,(H,19,20). The van der Waals surface area contributed by atoms with Crippen LogP contribution in [0.25, 0.3) is 10.8 Å². The largest absolute Gasteiger partial charge is 0.352 e. The number of anilines is 1. The van der Waals surface area contributed by atoms with E-state index >= 15 is 0 Å². The molecule has 0 aliphatic heterocycles. The molecule has 3 rings (SSSR count). The van der Waals surface area contributed by atoms with Gasteiger partial charge < -0.3 is 9.88 Å². The van der Waals surface area contributed by atoms with Gasteiger partial charge in [-0.15, -0.1) is 0 Å². The van der Waals surface area contributed by atoms with E-state index in [4.69, 9.17) is 0 Å². The molecule has 0 amide bonds. The molecule has 0 atom stereocenters. The summed E-state index contributed by atoms with van der Waals surface area (Å²) in [6, 6.07) is 15.3. The predicted octanol–water partition coefficient (Wildman–Crippen LogP) is 4.54. The molecule has 108 valence electrons. The highest BCUT2D eigenvalue weighted by Crippen LogP contribution is 2.21. The molecular weight excluding hydrogens is 258 g/mol. The molecule has 1 N–H and O–H groups in total. The highest BCUT2D eigenvalue weighted by atomic mass is 15.2. The maximum absolute atomic E-state index is 4.58. The topological polar surface area (TPSA) is 29.9 Å². The number of fused-ring (bicyclic) bond motifs is 1. The maximum Gasteiger partial charge on any atom is 0.203 e. The summed E-state index contributed by atoms with van der Waals surface area (Å²) in [5.74, 6) is 0.940. The highest BCUT2D eigenvalue weighted by Gasteiger charge is 2.08. The minimum absolute atomic E-state index is 0.404. The second-order valence-corrected chi connectivity index (χ2v) is 5.70. The fraction of sp³-hybridized carbons (Fsp3) is 0.278. The monoisotopic (exact) mass is 279 g/mol. The van der Waals surface area contributed by atoms with Crippen molar-refractivity contribution in [2.45, 2.75) is 33.4 Å². The molecule has 0 saturated heterocycles. The predicted molar refractivity (Wildman–Crippen MR) is 88.6 cm³/mol. The Bertz CT molecular complexity index is 751. The van der Waals surface area contributed by atoms with Gasteiger partial charge >= 0.3 is 0 Å². The molecule has 0 saturated carbocycles. The SMILES string of the molecule is Cc1cn(C(C)C)c(NCc2cccc3ccccc23)n1. The zero-order valence-electron chi connectivity index (χ0n) is 12.8. The van der Waals surface area contributed by atoms with E-state index in [-0.39, 0.29) is 0 Å². The average molecular weight is 279 g/mol. The molecule has 0 aliphatic rings. The minimum Gasteiger partial charge on any atom is -0.352 e. The second kappa shape index (κ2) is 5.60. The van der Waals surface area contributed by atoms with Crippen LogP contribution in [0.1, 0.15) is 31.1 Å². The summed E-state index contributed by atoms with van der Waals surface area (Å²) in [6.07, 6.45) is 2.09. The smallest absolute Gasteiger partial charge is 0.203 e. The Morgan fingerprint density at radius 3 is 2.67 bits per heavy atom. The molecule has 3 aromatic rings. The van der Waals surface area contributed by atoms with Crippen molar-refractivity contribution in [1.82, 2.24) is 9.55 Å². The van der Waals surface area contributed by atoms with Crippen LogP contribution in [0, 0.1) is 6.92 Å². The lowest BCUT2D eigenvalue weighted by atomic mass is 10.0. The first-order valence-electron chi connectivity index (χ1n) is 7.41. The van der Waals surface area contributed by atoms with E-state index < -0.39 is 0 Å². The quantitative estimate of drug-likeness (QED) is 0.760. The van der Waals surface area contributed by atoms with Gasteiger partial charge in [-0.05, 0) is 37.1 Å². The van der Waals surface area contributed by atoms with Crippen LogP contribution < -0.4 is 5.32 Å². The van der Waals surface area contributed by atoms with Crippen molar-refractivity contribution in [3.05, 3.63) is 59.9 Å². The Morgan fingerprint density at radius 2 is 1.86 bits per heavy atom. The number of aromatic nitrogens is 2. The Morgan fingerprint density at radius 1 is 1.10 bits per heavy atom. The van der Waals surface area contributed by atoms with Crippen LogP contribution in [-0.2, 0) is 6.54 Å². The zero-order valence-corrected chi connectivity index (χ0v) is 12.8. The second-order valence-electron chi connectivity index (χ2n) is 5.70. The highest BCUT2D eigenvalue weighted by molar-refractivity contribution is 5.85. The van der Waals surface area contributed by atoms with Crippen molar-refractivity contribution >= 4 is 16.7 Å². The summed E-state index contributed by atoms with van der Waals surface area (Å²) >= 11 is 0. The molecule has 1 aromatic heterocycles. The number of nitrogens with one attached hydrogen (secondary N) is 1. The first-order chi connectivity index (χ1) is 10.1. The summed E-state index contributed by atoms with van der Waals surface area (Å²) in [7, 11) is 0. The third-order valence-corrected chi connectivity index (χ3v) is 3.73. The molecule has 0 aliphatic carbocycles. The van der Waals surface area contributed by atoms with Crippen LogP contribution in [0.3, 0.4) is 0 Å². The lowest BCUT2D eigenvalue weighted by Crippen LogP contribution is -2.09. The van der Waals surface area contributed by atoms with Gasteiger partial charge in [-0.25, -0.2) is 4.98 Å². The molecule has 0 fully saturated rings. The van der Waals surface area contributed by atoms with Gasteiger partial charge in [0.1, 0.15) is 0 Å². The van der Waals surface area contributed by atoms with Crippen LogP contribution >= 0.6 is 0 Å². The molecule has 2 aromatic carbocycles. The van der Waals surface area contributed by atoms with Crippen LogP contribution in [0.15, 0.2) is 48.7 Å². The first kappa shape index (κ1) is 13.7. The van der Waals surface area contributed by atoms with E-state index in [1.807, 2.05) is 6.92 Å². The molecule has 3 nitrogen and oxygen atoms in total. The van der Waals surface area contributed by atoms with E-state index in [0.29, 0.717) is 6.04 Å². The lowest BCUT2D eigenvalue weighted by molar-refractivity contribution is 0.604. The number of aryl methyl sites for hydroxylation is 1. The Hall–Kier alpha value is -2.29. The summed E-state index contributed by atoms with van der Waals surface area (Å²) in [6.45, 7) is 7.15. The normalized spacial score (nSPS) is 11.2. The van der Waals surface area contributed by atoms with E-state index in [2.05, 4.69) is 77.4 Å². The van der Waals surface area contributed by atoms with Gasteiger partial charge in [0, 0.05) is 18.8 Å². The number of hydrogen-bond donors (Lipinski definition) is 1. The van der Waals surface area contributed by atoms with Crippen LogP contribution in [0.5, 0.6) is 0 Å². The Balaban J connectivity index is 1.87. The van der Waals surface area contributed by atoms with Crippen molar-refractivity contribution in [3.63, 3.8) is 0 Å². The molecule has 0 radical (unpaired) electrons. The zero-order chi connectivity index (χ0) is 14.8. The summed E-state index contributed by atoms with van der Waals surface area (Å²) in [5, 5.41) is 6.05. The molecule has 1 heterocycles. The van der Waals surface area contributed by atoms with Gasteiger partial charge in [0.15, 0.2) is 0 Å². The van der Waals surface area contributed by atoms with Gasteiger partial charge in [-0.1, -0.05) is 42.5 Å². The van der Waals surface area contributed by atoms with Crippen molar-refractivity contribution in [3.8, 4) is 0 Å². The minimum atomic E-state index is 0.404. The molecular formula is C18H21N3. The van der Waals surface area contributed by atoms with Crippen LogP contribution in [0.4, 0.5) is 5.95 Å². The molecule has 0 bridgehead atoms. The van der Waals surface area contributed by atoms with E-state index in [1.54, 1.807) is 0 Å².